The van der Waals surface area contributed by atoms with Crippen LogP contribution in [0.3, 0.4) is 0 Å². The van der Waals surface area contributed by atoms with Crippen molar-refractivity contribution in [3.8, 4) is 10.6 Å². The number of fused-ring (bicyclic) bond motifs is 1. The SMILES string of the molecule is N[C@H](CCc1nnc(-c2ccc3[nH]ncc3c2)s1)Cc1ccc(C(F)(F)F)nc1. The lowest BCUT2D eigenvalue weighted by atomic mass is 10.0. The number of aromatic nitrogens is 5. The molecule has 3 N–H and O–H groups in total. The molecule has 0 fully saturated rings. The van der Waals surface area contributed by atoms with Gasteiger partial charge in [-0.15, -0.1) is 10.2 Å². The predicted molar refractivity (Wildman–Crippen MR) is 104 cm³/mol. The number of hydrogen-bond acceptors (Lipinski definition) is 6. The molecule has 0 saturated carbocycles. The first-order valence-electron chi connectivity index (χ1n) is 8.92. The highest BCUT2D eigenvalue weighted by Crippen LogP contribution is 2.28. The van der Waals surface area contributed by atoms with Crippen LogP contribution in [0.15, 0.2) is 42.7 Å². The van der Waals surface area contributed by atoms with Crippen LogP contribution in [0.5, 0.6) is 0 Å². The van der Waals surface area contributed by atoms with Crippen LogP contribution in [-0.4, -0.2) is 31.4 Å². The molecule has 0 aliphatic heterocycles. The van der Waals surface area contributed by atoms with E-state index in [2.05, 4.69) is 25.4 Å². The van der Waals surface area contributed by atoms with E-state index in [4.69, 9.17) is 5.73 Å². The molecule has 29 heavy (non-hydrogen) atoms. The van der Waals surface area contributed by atoms with Crippen molar-refractivity contribution in [2.45, 2.75) is 31.5 Å². The van der Waals surface area contributed by atoms with Gasteiger partial charge in [0.15, 0.2) is 0 Å². The Bertz CT molecular complexity index is 1100. The highest BCUT2D eigenvalue weighted by molar-refractivity contribution is 7.14. The standard InChI is InChI=1S/C19H17F3N6S/c20-19(21,22)16-5-1-11(9-24-16)7-14(23)3-6-17-27-28-18(29-17)12-2-4-15-13(8-12)10-25-26-15/h1-2,4-5,8-10,14H,3,6-7,23H2,(H,25,26)/t14-/m1/s1. The summed E-state index contributed by atoms with van der Waals surface area (Å²) in [7, 11) is 0. The summed E-state index contributed by atoms with van der Waals surface area (Å²) in [6.07, 6.45) is 0.317. The van der Waals surface area contributed by atoms with E-state index in [9.17, 15) is 13.2 Å². The minimum Gasteiger partial charge on any atom is -0.327 e. The fourth-order valence-corrected chi connectivity index (χ4v) is 3.82. The van der Waals surface area contributed by atoms with Crippen molar-refractivity contribution in [3.05, 3.63) is 59.0 Å². The van der Waals surface area contributed by atoms with Crippen LogP contribution in [0.2, 0.25) is 0 Å². The Morgan fingerprint density at radius 1 is 1.10 bits per heavy atom. The maximum absolute atomic E-state index is 12.6. The van der Waals surface area contributed by atoms with Gasteiger partial charge in [-0.1, -0.05) is 17.4 Å². The second-order valence-corrected chi connectivity index (χ2v) is 7.79. The maximum Gasteiger partial charge on any atom is 0.433 e. The fraction of sp³-hybridized carbons (Fsp3) is 0.263. The Morgan fingerprint density at radius 2 is 1.97 bits per heavy atom. The molecule has 10 heteroatoms. The predicted octanol–water partition coefficient (Wildman–Crippen LogP) is 4.00. The van der Waals surface area contributed by atoms with E-state index in [0.29, 0.717) is 24.8 Å². The second kappa shape index (κ2) is 7.88. The van der Waals surface area contributed by atoms with Gasteiger partial charge in [0, 0.05) is 29.6 Å². The number of rotatable bonds is 6. The van der Waals surface area contributed by atoms with Crippen LogP contribution in [0.25, 0.3) is 21.5 Å². The molecule has 4 aromatic rings. The van der Waals surface area contributed by atoms with Gasteiger partial charge in [-0.3, -0.25) is 10.1 Å². The van der Waals surface area contributed by atoms with Crippen LogP contribution in [-0.2, 0) is 19.0 Å². The van der Waals surface area contributed by atoms with E-state index in [1.54, 1.807) is 6.20 Å². The third-order valence-corrected chi connectivity index (χ3v) is 5.53. The average molecular weight is 418 g/mol. The zero-order valence-corrected chi connectivity index (χ0v) is 16.0. The molecule has 0 saturated heterocycles. The molecule has 150 valence electrons. The molecule has 4 rings (SSSR count). The van der Waals surface area contributed by atoms with Crippen LogP contribution in [0.1, 0.15) is 22.7 Å². The summed E-state index contributed by atoms with van der Waals surface area (Å²) in [5, 5.41) is 18.1. The fourth-order valence-electron chi connectivity index (χ4n) is 2.97. The molecule has 0 aliphatic carbocycles. The third kappa shape index (κ3) is 4.60. The van der Waals surface area contributed by atoms with Crippen molar-refractivity contribution in [3.63, 3.8) is 0 Å². The van der Waals surface area contributed by atoms with E-state index < -0.39 is 11.9 Å². The monoisotopic (exact) mass is 418 g/mol. The van der Waals surface area contributed by atoms with Gasteiger partial charge >= 0.3 is 6.18 Å². The number of hydrogen-bond donors (Lipinski definition) is 2. The van der Waals surface area contributed by atoms with E-state index in [-0.39, 0.29) is 6.04 Å². The minimum absolute atomic E-state index is 0.205. The number of halogens is 3. The van der Waals surface area contributed by atoms with Gasteiger partial charge in [-0.05, 0) is 42.7 Å². The topological polar surface area (TPSA) is 93.4 Å². The van der Waals surface area contributed by atoms with Crippen LogP contribution >= 0.6 is 11.3 Å². The number of nitrogens with zero attached hydrogens (tertiary/aromatic N) is 4. The summed E-state index contributed by atoms with van der Waals surface area (Å²) < 4.78 is 37.7. The highest BCUT2D eigenvalue weighted by Gasteiger charge is 2.32. The molecule has 0 amide bonds. The van der Waals surface area contributed by atoms with Crippen molar-refractivity contribution in [2.24, 2.45) is 5.73 Å². The molecule has 3 aromatic heterocycles. The summed E-state index contributed by atoms with van der Waals surface area (Å²) in [6.45, 7) is 0. The molecule has 0 unspecified atom stereocenters. The quantitative estimate of drug-likeness (QED) is 0.494. The molecule has 3 heterocycles. The van der Waals surface area contributed by atoms with Gasteiger partial charge < -0.3 is 5.73 Å². The largest absolute Gasteiger partial charge is 0.433 e. The molecule has 1 aromatic carbocycles. The number of benzene rings is 1. The van der Waals surface area contributed by atoms with E-state index in [1.807, 2.05) is 18.2 Å². The first-order chi connectivity index (χ1) is 13.9. The van der Waals surface area contributed by atoms with Crippen LogP contribution in [0.4, 0.5) is 13.2 Å². The zero-order chi connectivity index (χ0) is 20.4. The second-order valence-electron chi connectivity index (χ2n) is 6.73. The van der Waals surface area contributed by atoms with Crippen LogP contribution < -0.4 is 5.73 Å². The van der Waals surface area contributed by atoms with Gasteiger partial charge in [0.05, 0.1) is 11.7 Å². The van der Waals surface area contributed by atoms with Gasteiger partial charge in [0.1, 0.15) is 15.7 Å². The van der Waals surface area contributed by atoms with Crippen molar-refractivity contribution in [2.75, 3.05) is 0 Å². The Labute approximate surface area is 168 Å². The molecule has 0 radical (unpaired) electrons. The van der Waals surface area contributed by atoms with Gasteiger partial charge in [0.2, 0.25) is 0 Å². The van der Waals surface area contributed by atoms with Gasteiger partial charge in [-0.2, -0.15) is 18.3 Å². The third-order valence-electron chi connectivity index (χ3n) is 4.50. The Balaban J connectivity index is 1.34. The Morgan fingerprint density at radius 3 is 2.72 bits per heavy atom. The Hall–Kier alpha value is -2.85. The molecule has 1 atom stereocenters. The summed E-state index contributed by atoms with van der Waals surface area (Å²) in [6, 6.07) is 8.12. The zero-order valence-electron chi connectivity index (χ0n) is 15.1. The number of alkyl halides is 3. The normalized spacial score (nSPS) is 13.1. The van der Waals surface area contributed by atoms with Gasteiger partial charge in [-0.25, -0.2) is 0 Å². The molecular weight excluding hydrogens is 401 g/mol. The lowest BCUT2D eigenvalue weighted by molar-refractivity contribution is -0.141. The number of nitrogens with two attached hydrogens (primary N) is 1. The summed E-state index contributed by atoms with van der Waals surface area (Å²) >= 11 is 1.50. The van der Waals surface area contributed by atoms with E-state index >= 15 is 0 Å². The molecule has 0 bridgehead atoms. The Kier molecular flexibility index (Phi) is 5.29. The van der Waals surface area contributed by atoms with E-state index in [0.717, 1.165) is 32.5 Å². The average Bonchev–Trinajstić information content (AvgIpc) is 3.35. The first-order valence-corrected chi connectivity index (χ1v) is 9.74. The van der Waals surface area contributed by atoms with Crippen LogP contribution in [0, 0.1) is 0 Å². The minimum atomic E-state index is -4.43. The summed E-state index contributed by atoms with van der Waals surface area (Å²) in [5.74, 6) is 0. The van der Waals surface area contributed by atoms with E-state index in [1.165, 1.54) is 23.6 Å². The first kappa shape index (κ1) is 19.5. The molecule has 6 nitrogen and oxygen atoms in total. The molecular formula is C19H17F3N6S. The number of pyridine rings is 1. The van der Waals surface area contributed by atoms with Crippen molar-refractivity contribution < 1.29 is 13.2 Å². The van der Waals surface area contributed by atoms with Crippen molar-refractivity contribution in [1.82, 2.24) is 25.4 Å². The number of nitrogens with one attached hydrogen (secondary N) is 1. The summed E-state index contributed by atoms with van der Waals surface area (Å²) in [5.41, 5.74) is 7.86. The van der Waals surface area contributed by atoms with Crippen molar-refractivity contribution >= 4 is 22.2 Å². The number of aryl methyl sites for hydroxylation is 1. The highest BCUT2D eigenvalue weighted by atomic mass is 32.1. The lowest BCUT2D eigenvalue weighted by Crippen LogP contribution is -2.23. The maximum atomic E-state index is 12.6. The number of H-pyrrole nitrogens is 1. The number of aromatic amines is 1. The smallest absolute Gasteiger partial charge is 0.327 e. The molecule has 0 spiro atoms. The van der Waals surface area contributed by atoms with Gasteiger partial charge in [0.25, 0.3) is 0 Å². The van der Waals surface area contributed by atoms with Crippen molar-refractivity contribution in [1.29, 1.82) is 0 Å². The molecule has 0 aliphatic rings. The summed E-state index contributed by atoms with van der Waals surface area (Å²) in [4.78, 5) is 3.47. The lowest BCUT2D eigenvalue weighted by Gasteiger charge is -2.11.